The molecule has 106 valence electrons. The van der Waals surface area contributed by atoms with Gasteiger partial charge in [-0.3, -0.25) is 0 Å². The third kappa shape index (κ3) is 2.35. The molecule has 0 atom stereocenters. The summed E-state index contributed by atoms with van der Waals surface area (Å²) in [5.41, 5.74) is 6.47. The van der Waals surface area contributed by atoms with Crippen LogP contribution in [0.5, 0.6) is 0 Å². The molecule has 0 amide bonds. The van der Waals surface area contributed by atoms with Crippen molar-refractivity contribution in [3.63, 3.8) is 0 Å². The van der Waals surface area contributed by atoms with Crippen molar-refractivity contribution in [2.45, 2.75) is 0 Å². The molecule has 6 heteroatoms. The predicted octanol–water partition coefficient (Wildman–Crippen LogP) is 3.54. The minimum Gasteiger partial charge on any atom is -0.396 e. The Hall–Kier alpha value is -2.76. The molecule has 0 radical (unpaired) electrons. The third-order valence-electron chi connectivity index (χ3n) is 3.03. The van der Waals surface area contributed by atoms with Gasteiger partial charge in [-0.15, -0.1) is 0 Å². The number of hydrogen-bond donors (Lipinski definition) is 1. The second-order valence-corrected chi connectivity index (χ2v) is 4.45. The normalized spacial score (nSPS) is 10.8. The monoisotopic (exact) mass is 289 g/mol. The quantitative estimate of drug-likeness (QED) is 0.784. The SMILES string of the molecule is Nc1cn(-c2ccc(F)cc2F)nc1-c1ccccc1F. The highest BCUT2D eigenvalue weighted by Crippen LogP contribution is 2.28. The smallest absolute Gasteiger partial charge is 0.151 e. The Morgan fingerprint density at radius 1 is 0.952 bits per heavy atom. The zero-order valence-electron chi connectivity index (χ0n) is 10.7. The molecule has 0 saturated carbocycles. The van der Waals surface area contributed by atoms with E-state index in [-0.39, 0.29) is 22.6 Å². The van der Waals surface area contributed by atoms with Gasteiger partial charge in [0.1, 0.15) is 23.0 Å². The Balaban J connectivity index is 2.12. The molecule has 0 fully saturated rings. The van der Waals surface area contributed by atoms with Gasteiger partial charge in [0.05, 0.1) is 11.9 Å². The van der Waals surface area contributed by atoms with Gasteiger partial charge in [-0.1, -0.05) is 12.1 Å². The Morgan fingerprint density at radius 3 is 2.43 bits per heavy atom. The summed E-state index contributed by atoms with van der Waals surface area (Å²) in [6.07, 6.45) is 1.36. The van der Waals surface area contributed by atoms with Crippen LogP contribution in [0.15, 0.2) is 48.7 Å². The highest BCUT2D eigenvalue weighted by Gasteiger charge is 2.15. The molecule has 0 aliphatic heterocycles. The van der Waals surface area contributed by atoms with Crippen LogP contribution in [0.25, 0.3) is 16.9 Å². The third-order valence-corrected chi connectivity index (χ3v) is 3.03. The average molecular weight is 289 g/mol. The summed E-state index contributed by atoms with van der Waals surface area (Å²) >= 11 is 0. The fraction of sp³-hybridized carbons (Fsp3) is 0. The summed E-state index contributed by atoms with van der Waals surface area (Å²) in [5.74, 6) is -1.95. The molecule has 3 aromatic rings. The number of aromatic nitrogens is 2. The molecule has 3 nitrogen and oxygen atoms in total. The maximum Gasteiger partial charge on any atom is 0.151 e. The zero-order chi connectivity index (χ0) is 15.0. The number of nitrogens with two attached hydrogens (primary N) is 1. The van der Waals surface area contributed by atoms with Crippen LogP contribution >= 0.6 is 0 Å². The van der Waals surface area contributed by atoms with Crippen LogP contribution < -0.4 is 5.73 Å². The Bertz CT molecular complexity index is 812. The van der Waals surface area contributed by atoms with Gasteiger partial charge in [-0.05, 0) is 24.3 Å². The summed E-state index contributed by atoms with van der Waals surface area (Å²) in [7, 11) is 0. The van der Waals surface area contributed by atoms with E-state index in [9.17, 15) is 13.2 Å². The molecule has 0 saturated heterocycles. The first-order valence-electron chi connectivity index (χ1n) is 6.12. The predicted molar refractivity (Wildman–Crippen MR) is 73.3 cm³/mol. The number of hydrogen-bond acceptors (Lipinski definition) is 2. The van der Waals surface area contributed by atoms with Crippen LogP contribution in [0.3, 0.4) is 0 Å². The van der Waals surface area contributed by atoms with Gasteiger partial charge >= 0.3 is 0 Å². The van der Waals surface area contributed by atoms with Crippen molar-refractivity contribution < 1.29 is 13.2 Å². The summed E-state index contributed by atoms with van der Waals surface area (Å²) in [6.45, 7) is 0. The van der Waals surface area contributed by atoms with Crippen LogP contribution in [0, 0.1) is 17.5 Å². The number of benzene rings is 2. The lowest BCUT2D eigenvalue weighted by atomic mass is 10.1. The summed E-state index contributed by atoms with van der Waals surface area (Å²) in [4.78, 5) is 0. The van der Waals surface area contributed by atoms with E-state index in [0.717, 1.165) is 16.8 Å². The summed E-state index contributed by atoms with van der Waals surface area (Å²) in [6, 6.07) is 9.10. The lowest BCUT2D eigenvalue weighted by Gasteiger charge is -2.03. The van der Waals surface area contributed by atoms with E-state index in [4.69, 9.17) is 5.73 Å². The van der Waals surface area contributed by atoms with Crippen LogP contribution in [0.2, 0.25) is 0 Å². The Kier molecular flexibility index (Phi) is 3.13. The lowest BCUT2D eigenvalue weighted by molar-refractivity contribution is 0.574. The van der Waals surface area contributed by atoms with Gasteiger partial charge in [0.2, 0.25) is 0 Å². The van der Waals surface area contributed by atoms with Gasteiger partial charge < -0.3 is 5.73 Å². The number of rotatable bonds is 2. The first-order valence-corrected chi connectivity index (χ1v) is 6.12. The van der Waals surface area contributed by atoms with E-state index in [1.807, 2.05) is 0 Å². The summed E-state index contributed by atoms with van der Waals surface area (Å²) < 4.78 is 41.6. The molecule has 1 aromatic heterocycles. The Morgan fingerprint density at radius 2 is 1.71 bits per heavy atom. The van der Waals surface area contributed by atoms with Crippen molar-refractivity contribution in [2.24, 2.45) is 0 Å². The molecule has 0 aliphatic rings. The molecular formula is C15H10F3N3. The van der Waals surface area contributed by atoms with Crippen LogP contribution in [0.1, 0.15) is 0 Å². The van der Waals surface area contributed by atoms with Crippen LogP contribution in [-0.2, 0) is 0 Å². The molecule has 0 unspecified atom stereocenters. The number of anilines is 1. The zero-order valence-corrected chi connectivity index (χ0v) is 10.7. The van der Waals surface area contributed by atoms with E-state index in [0.29, 0.717) is 0 Å². The van der Waals surface area contributed by atoms with Gasteiger partial charge in [-0.2, -0.15) is 5.10 Å². The molecule has 2 N–H and O–H groups in total. The topological polar surface area (TPSA) is 43.8 Å². The fourth-order valence-electron chi connectivity index (χ4n) is 2.04. The molecule has 2 aromatic carbocycles. The molecule has 21 heavy (non-hydrogen) atoms. The van der Waals surface area contributed by atoms with E-state index in [1.54, 1.807) is 12.1 Å². The highest BCUT2D eigenvalue weighted by atomic mass is 19.1. The number of nitrogens with zero attached hydrogens (tertiary/aromatic N) is 2. The fourth-order valence-corrected chi connectivity index (χ4v) is 2.04. The molecular weight excluding hydrogens is 279 g/mol. The van der Waals surface area contributed by atoms with E-state index >= 15 is 0 Å². The van der Waals surface area contributed by atoms with Crippen molar-refractivity contribution in [2.75, 3.05) is 5.73 Å². The highest BCUT2D eigenvalue weighted by molar-refractivity contribution is 5.72. The van der Waals surface area contributed by atoms with Crippen molar-refractivity contribution in [1.82, 2.24) is 9.78 Å². The molecule has 1 heterocycles. The molecule has 3 rings (SSSR count). The van der Waals surface area contributed by atoms with Gasteiger partial charge in [0.15, 0.2) is 5.82 Å². The Labute approximate surface area is 118 Å². The van der Waals surface area contributed by atoms with Gasteiger partial charge in [-0.25, -0.2) is 17.9 Å². The van der Waals surface area contributed by atoms with Crippen LogP contribution in [0.4, 0.5) is 18.9 Å². The number of nitrogen functional groups attached to an aromatic ring is 1. The van der Waals surface area contributed by atoms with E-state index in [1.165, 1.54) is 24.4 Å². The van der Waals surface area contributed by atoms with Crippen molar-refractivity contribution >= 4 is 5.69 Å². The van der Waals surface area contributed by atoms with Crippen LogP contribution in [-0.4, -0.2) is 9.78 Å². The molecule has 0 bridgehead atoms. The molecule has 0 spiro atoms. The second-order valence-electron chi connectivity index (χ2n) is 4.45. The minimum absolute atomic E-state index is 0.0330. The van der Waals surface area contributed by atoms with Crippen molar-refractivity contribution in [1.29, 1.82) is 0 Å². The largest absolute Gasteiger partial charge is 0.396 e. The maximum atomic E-state index is 13.8. The maximum absolute atomic E-state index is 13.8. The lowest BCUT2D eigenvalue weighted by Crippen LogP contribution is -1.99. The molecule has 0 aliphatic carbocycles. The number of halogens is 3. The van der Waals surface area contributed by atoms with E-state index in [2.05, 4.69) is 5.10 Å². The van der Waals surface area contributed by atoms with Crippen molar-refractivity contribution in [3.8, 4) is 16.9 Å². The minimum atomic E-state index is -0.780. The van der Waals surface area contributed by atoms with Gasteiger partial charge in [0.25, 0.3) is 0 Å². The summed E-state index contributed by atoms with van der Waals surface area (Å²) in [5, 5.41) is 4.09. The average Bonchev–Trinajstić information content (AvgIpc) is 2.81. The second kappa shape index (κ2) is 4.97. The van der Waals surface area contributed by atoms with E-state index < -0.39 is 17.5 Å². The van der Waals surface area contributed by atoms with Crippen molar-refractivity contribution in [3.05, 3.63) is 66.1 Å². The first-order chi connectivity index (χ1) is 10.1. The van der Waals surface area contributed by atoms with Gasteiger partial charge in [0, 0.05) is 11.6 Å². The first kappa shape index (κ1) is 13.2. The standard InChI is InChI=1S/C15H10F3N3/c16-9-5-6-14(12(18)7-9)21-8-13(19)15(20-21)10-3-1-2-4-11(10)17/h1-8H,19H2.